The van der Waals surface area contributed by atoms with Gasteiger partial charge in [-0.3, -0.25) is 0 Å². The molecule has 0 aliphatic heterocycles. The fraction of sp³-hybridized carbons (Fsp3) is 0.364. The average Bonchev–Trinajstić information content (AvgIpc) is 2.20. The maximum Gasteiger partial charge on any atom is 0.114 e. The molecule has 1 N–H and O–H groups in total. The second kappa shape index (κ2) is 5.02. The van der Waals surface area contributed by atoms with Crippen molar-refractivity contribution in [1.82, 2.24) is 0 Å². The van der Waals surface area contributed by atoms with Crippen molar-refractivity contribution in [3.8, 4) is 6.07 Å². The van der Waals surface area contributed by atoms with Crippen LogP contribution in [0.1, 0.15) is 18.9 Å². The molecule has 1 aromatic rings. The first kappa shape index (κ1) is 11.1. The van der Waals surface area contributed by atoms with Crippen molar-refractivity contribution in [2.75, 3.05) is 5.32 Å². The van der Waals surface area contributed by atoms with Crippen molar-refractivity contribution >= 4 is 21.6 Å². The summed E-state index contributed by atoms with van der Waals surface area (Å²) in [7, 11) is 0. The van der Waals surface area contributed by atoms with Gasteiger partial charge in [0.2, 0.25) is 0 Å². The monoisotopic (exact) mass is 252 g/mol. The summed E-state index contributed by atoms with van der Waals surface area (Å²) in [6.07, 6.45) is 0.808. The lowest BCUT2D eigenvalue weighted by Gasteiger charge is -2.13. The molecule has 14 heavy (non-hydrogen) atoms. The number of nitrogens with one attached hydrogen (secondary N) is 1. The molecule has 1 aromatic carbocycles. The predicted octanol–water partition coefficient (Wildman–Crippen LogP) is 3.47. The predicted molar refractivity (Wildman–Crippen MR) is 62.2 cm³/mol. The average molecular weight is 253 g/mol. The molecular formula is C11H13BrN2. The standard InChI is InChI=1S/C11H13BrN2/c1-3-9(7-13)14-11-6-4-5-10(12)8(11)2/h4-6,9,14H,3H2,1-2H3. The minimum Gasteiger partial charge on any atom is -0.370 e. The zero-order valence-electron chi connectivity index (χ0n) is 8.34. The van der Waals surface area contributed by atoms with Crippen LogP contribution in [0.3, 0.4) is 0 Å². The van der Waals surface area contributed by atoms with Gasteiger partial charge in [0.25, 0.3) is 0 Å². The van der Waals surface area contributed by atoms with Crippen LogP contribution in [0.25, 0.3) is 0 Å². The van der Waals surface area contributed by atoms with E-state index < -0.39 is 0 Å². The van der Waals surface area contributed by atoms with Crippen molar-refractivity contribution in [1.29, 1.82) is 5.26 Å². The zero-order valence-corrected chi connectivity index (χ0v) is 9.93. The van der Waals surface area contributed by atoms with Gasteiger partial charge in [-0.15, -0.1) is 0 Å². The Bertz CT molecular complexity index is 355. The molecule has 0 aliphatic rings. The molecule has 1 unspecified atom stereocenters. The van der Waals surface area contributed by atoms with Crippen LogP contribution in [-0.4, -0.2) is 6.04 Å². The molecule has 0 radical (unpaired) electrons. The number of benzene rings is 1. The first-order valence-electron chi connectivity index (χ1n) is 4.60. The Balaban J connectivity index is 2.87. The molecule has 0 fully saturated rings. The molecule has 2 nitrogen and oxygen atoms in total. The normalized spacial score (nSPS) is 11.9. The summed E-state index contributed by atoms with van der Waals surface area (Å²) in [6, 6.07) is 8.05. The summed E-state index contributed by atoms with van der Waals surface area (Å²) in [6.45, 7) is 4.02. The largest absolute Gasteiger partial charge is 0.370 e. The minimum absolute atomic E-state index is 0.108. The van der Waals surface area contributed by atoms with Crippen LogP contribution < -0.4 is 5.32 Å². The smallest absolute Gasteiger partial charge is 0.114 e. The lowest BCUT2D eigenvalue weighted by atomic mass is 10.1. The highest BCUT2D eigenvalue weighted by atomic mass is 79.9. The molecule has 0 aliphatic carbocycles. The van der Waals surface area contributed by atoms with Gasteiger partial charge in [0.15, 0.2) is 0 Å². The number of nitriles is 1. The highest BCUT2D eigenvalue weighted by molar-refractivity contribution is 9.10. The van der Waals surface area contributed by atoms with E-state index in [0.29, 0.717) is 0 Å². The molecule has 0 amide bonds. The lowest BCUT2D eigenvalue weighted by Crippen LogP contribution is -2.16. The fourth-order valence-electron chi connectivity index (χ4n) is 1.18. The Hall–Kier alpha value is -1.01. The highest BCUT2D eigenvalue weighted by Gasteiger charge is 2.06. The van der Waals surface area contributed by atoms with Crippen LogP contribution in [0.5, 0.6) is 0 Å². The second-order valence-electron chi connectivity index (χ2n) is 3.15. The first-order valence-corrected chi connectivity index (χ1v) is 5.39. The van der Waals surface area contributed by atoms with Gasteiger partial charge < -0.3 is 5.32 Å². The van der Waals surface area contributed by atoms with Gasteiger partial charge in [-0.2, -0.15) is 5.26 Å². The van der Waals surface area contributed by atoms with Crippen LogP contribution in [0.2, 0.25) is 0 Å². The number of rotatable bonds is 3. The van der Waals surface area contributed by atoms with Gasteiger partial charge in [0.05, 0.1) is 6.07 Å². The van der Waals surface area contributed by atoms with Gasteiger partial charge in [0, 0.05) is 10.2 Å². The van der Waals surface area contributed by atoms with E-state index in [9.17, 15) is 0 Å². The summed E-state index contributed by atoms with van der Waals surface area (Å²) >= 11 is 3.46. The van der Waals surface area contributed by atoms with E-state index in [0.717, 1.165) is 22.1 Å². The number of halogens is 1. The quantitative estimate of drug-likeness (QED) is 0.895. The van der Waals surface area contributed by atoms with Gasteiger partial charge in [-0.05, 0) is 31.0 Å². The van der Waals surface area contributed by atoms with Crippen molar-refractivity contribution in [2.24, 2.45) is 0 Å². The third-order valence-electron chi connectivity index (χ3n) is 2.16. The highest BCUT2D eigenvalue weighted by Crippen LogP contribution is 2.24. The summed E-state index contributed by atoms with van der Waals surface area (Å²) in [5, 5.41) is 12.0. The Kier molecular flexibility index (Phi) is 3.97. The Morgan fingerprint density at radius 3 is 2.86 bits per heavy atom. The molecule has 0 saturated carbocycles. The molecule has 0 bridgehead atoms. The van der Waals surface area contributed by atoms with Crippen molar-refractivity contribution < 1.29 is 0 Å². The maximum atomic E-state index is 8.82. The van der Waals surface area contributed by atoms with Gasteiger partial charge >= 0.3 is 0 Å². The van der Waals surface area contributed by atoms with E-state index in [-0.39, 0.29) is 6.04 Å². The molecule has 0 aromatic heterocycles. The lowest BCUT2D eigenvalue weighted by molar-refractivity contribution is 0.844. The summed E-state index contributed by atoms with van der Waals surface area (Å²) in [5.74, 6) is 0. The van der Waals surface area contributed by atoms with Crippen molar-refractivity contribution in [3.05, 3.63) is 28.2 Å². The Labute approximate surface area is 93.1 Å². The first-order chi connectivity index (χ1) is 6.69. The zero-order chi connectivity index (χ0) is 10.6. The molecule has 1 atom stereocenters. The topological polar surface area (TPSA) is 35.8 Å². The van der Waals surface area contributed by atoms with E-state index in [2.05, 4.69) is 27.3 Å². The van der Waals surface area contributed by atoms with E-state index in [4.69, 9.17) is 5.26 Å². The van der Waals surface area contributed by atoms with Gasteiger partial charge in [-0.1, -0.05) is 28.9 Å². The van der Waals surface area contributed by atoms with Gasteiger partial charge in [0.1, 0.15) is 6.04 Å². The molecule has 74 valence electrons. The third kappa shape index (κ3) is 2.49. The number of anilines is 1. The van der Waals surface area contributed by atoms with Crippen LogP contribution in [-0.2, 0) is 0 Å². The van der Waals surface area contributed by atoms with Crippen molar-refractivity contribution in [2.45, 2.75) is 26.3 Å². The van der Waals surface area contributed by atoms with E-state index in [1.54, 1.807) is 0 Å². The van der Waals surface area contributed by atoms with Crippen LogP contribution in [0.15, 0.2) is 22.7 Å². The molecule has 3 heteroatoms. The van der Waals surface area contributed by atoms with Crippen LogP contribution in [0, 0.1) is 18.3 Å². The molecule has 0 heterocycles. The second-order valence-corrected chi connectivity index (χ2v) is 4.00. The molecule has 0 spiro atoms. The van der Waals surface area contributed by atoms with Crippen molar-refractivity contribution in [3.63, 3.8) is 0 Å². The van der Waals surface area contributed by atoms with Crippen LogP contribution >= 0.6 is 15.9 Å². The third-order valence-corrected chi connectivity index (χ3v) is 3.02. The summed E-state index contributed by atoms with van der Waals surface area (Å²) < 4.78 is 1.07. The molecule has 0 saturated heterocycles. The minimum atomic E-state index is -0.108. The Morgan fingerprint density at radius 2 is 2.29 bits per heavy atom. The number of hydrogen-bond donors (Lipinski definition) is 1. The fourth-order valence-corrected chi connectivity index (χ4v) is 1.54. The van der Waals surface area contributed by atoms with Gasteiger partial charge in [-0.25, -0.2) is 0 Å². The van der Waals surface area contributed by atoms with E-state index >= 15 is 0 Å². The number of hydrogen-bond acceptors (Lipinski definition) is 2. The molecular weight excluding hydrogens is 240 g/mol. The van der Waals surface area contributed by atoms with Crippen LogP contribution in [0.4, 0.5) is 5.69 Å². The summed E-state index contributed by atoms with van der Waals surface area (Å²) in [4.78, 5) is 0. The number of nitrogens with zero attached hydrogens (tertiary/aromatic N) is 1. The molecule has 1 rings (SSSR count). The Morgan fingerprint density at radius 1 is 1.57 bits per heavy atom. The maximum absolute atomic E-state index is 8.82. The van der Waals surface area contributed by atoms with E-state index in [1.807, 2.05) is 32.0 Å². The summed E-state index contributed by atoms with van der Waals surface area (Å²) in [5.41, 5.74) is 2.16. The SMILES string of the molecule is CCC(C#N)Nc1cccc(Br)c1C. The van der Waals surface area contributed by atoms with E-state index in [1.165, 1.54) is 0 Å².